The topological polar surface area (TPSA) is 133 Å². The number of thiazole rings is 1. The third kappa shape index (κ3) is 5.40. The maximum atomic E-state index is 12.8. The number of anilines is 2. The Bertz CT molecular complexity index is 1270. The Labute approximate surface area is 213 Å². The van der Waals surface area contributed by atoms with Crippen LogP contribution in [0.2, 0.25) is 0 Å². The minimum Gasteiger partial charge on any atom is -0.448 e. The second-order valence-electron chi connectivity index (χ2n) is 9.10. The summed E-state index contributed by atoms with van der Waals surface area (Å²) in [6.07, 6.45) is -6.97. The second kappa shape index (κ2) is 9.91. The molecule has 3 aromatic rings. The van der Waals surface area contributed by atoms with Gasteiger partial charge in [0.1, 0.15) is 30.1 Å². The number of alkyl halides is 3. The molecule has 1 saturated carbocycles. The molecule has 1 aliphatic heterocycles. The average Bonchev–Trinajstić information content (AvgIpc) is 3.52. The smallest absolute Gasteiger partial charge is 0.409 e. The third-order valence-electron chi connectivity index (χ3n) is 6.47. The fourth-order valence-corrected chi connectivity index (χ4v) is 5.73. The number of hydrogen-bond donors (Lipinski definition) is 4. The zero-order chi connectivity index (χ0) is 26.3. The van der Waals surface area contributed by atoms with E-state index in [1.807, 2.05) is 24.3 Å². The third-order valence-corrected chi connectivity index (χ3v) is 7.52. The van der Waals surface area contributed by atoms with Crippen molar-refractivity contribution in [2.45, 2.75) is 37.8 Å². The molecule has 4 N–H and O–H groups in total. The fourth-order valence-electron chi connectivity index (χ4n) is 4.67. The number of cyclic esters (lactones) is 1. The zero-order valence-electron chi connectivity index (χ0n) is 19.7. The summed E-state index contributed by atoms with van der Waals surface area (Å²) >= 11 is 1.38. The van der Waals surface area contributed by atoms with Gasteiger partial charge in [0, 0.05) is 12.5 Å². The van der Waals surface area contributed by atoms with E-state index < -0.39 is 43.0 Å². The number of carbonyl (C=O) groups excluding carboxylic acids is 1. The average molecular weight is 539 g/mol. The number of fused-ring (bicyclic) bond motifs is 1. The number of hydrogen-bond acceptors (Lipinski definition) is 10. The van der Waals surface area contributed by atoms with E-state index in [0.717, 1.165) is 10.2 Å². The predicted octanol–water partition coefficient (Wildman–Crippen LogP) is 3.01. The molecule has 14 heteroatoms. The van der Waals surface area contributed by atoms with Crippen LogP contribution in [0.1, 0.15) is 12.1 Å². The molecule has 2 aliphatic rings. The van der Waals surface area contributed by atoms with Crippen molar-refractivity contribution in [1.82, 2.24) is 19.9 Å². The fraction of sp³-hybridized carbons (Fsp3) is 0.478. The number of benzene rings is 1. The first-order valence-electron chi connectivity index (χ1n) is 11.7. The first kappa shape index (κ1) is 25.4. The lowest BCUT2D eigenvalue weighted by atomic mass is 10.1. The van der Waals surface area contributed by atoms with E-state index in [9.17, 15) is 28.2 Å². The van der Waals surface area contributed by atoms with Crippen LogP contribution >= 0.6 is 11.3 Å². The number of para-hydroxylation sites is 1. The summed E-state index contributed by atoms with van der Waals surface area (Å²) in [7, 11) is 0. The van der Waals surface area contributed by atoms with Crippen LogP contribution in [-0.4, -0.2) is 86.8 Å². The summed E-state index contributed by atoms with van der Waals surface area (Å²) < 4.78 is 44.3. The molecule has 198 valence electrons. The lowest BCUT2D eigenvalue weighted by molar-refractivity contribution is -0.115. The number of amides is 1. The van der Waals surface area contributed by atoms with Crippen LogP contribution in [-0.2, 0) is 4.74 Å². The van der Waals surface area contributed by atoms with Crippen LogP contribution in [0.3, 0.4) is 0 Å². The van der Waals surface area contributed by atoms with Crippen molar-refractivity contribution in [2.24, 2.45) is 5.92 Å². The molecular formula is C23H25F3N6O4S. The second-order valence-corrected chi connectivity index (χ2v) is 10.1. The molecule has 5 rings (SSSR count). The molecule has 1 aromatic carbocycles. The van der Waals surface area contributed by atoms with Crippen molar-refractivity contribution in [3.63, 3.8) is 0 Å². The molecule has 37 heavy (non-hydrogen) atoms. The van der Waals surface area contributed by atoms with Crippen molar-refractivity contribution < 1.29 is 32.9 Å². The summed E-state index contributed by atoms with van der Waals surface area (Å²) in [6, 6.07) is 6.80. The number of aliphatic hydroxyl groups excluding tert-OH is 2. The number of aliphatic hydroxyl groups is 2. The molecule has 10 nitrogen and oxygen atoms in total. The number of rotatable bonds is 7. The lowest BCUT2D eigenvalue weighted by Gasteiger charge is -2.21. The highest BCUT2D eigenvalue weighted by atomic mass is 32.1. The van der Waals surface area contributed by atoms with Gasteiger partial charge in [-0.25, -0.2) is 14.8 Å². The summed E-state index contributed by atoms with van der Waals surface area (Å²) in [5.74, 6) is -0.477. The SMILES string of the molecule is Cc1nc(NCC(F)(F)F)nc(N[C@@H]2C[C@H](CN3CCOC3=O)[C@@H](O)[C@H]2O)c1-c1nc2ccccc2s1. The van der Waals surface area contributed by atoms with Gasteiger partial charge in [0.15, 0.2) is 0 Å². The highest BCUT2D eigenvalue weighted by Crippen LogP contribution is 2.38. The van der Waals surface area contributed by atoms with E-state index in [0.29, 0.717) is 29.2 Å². The molecule has 0 radical (unpaired) electrons. The van der Waals surface area contributed by atoms with E-state index in [1.165, 1.54) is 16.2 Å². The van der Waals surface area contributed by atoms with Gasteiger partial charge in [-0.3, -0.25) is 0 Å². The Morgan fingerprint density at radius 1 is 1.19 bits per heavy atom. The minimum absolute atomic E-state index is 0.189. The number of nitrogens with one attached hydrogen (secondary N) is 2. The minimum atomic E-state index is -4.47. The van der Waals surface area contributed by atoms with E-state index in [-0.39, 0.29) is 24.9 Å². The van der Waals surface area contributed by atoms with Gasteiger partial charge in [-0.15, -0.1) is 11.3 Å². The van der Waals surface area contributed by atoms with Crippen molar-refractivity contribution in [2.75, 3.05) is 36.9 Å². The predicted molar refractivity (Wildman–Crippen MR) is 130 cm³/mol. The van der Waals surface area contributed by atoms with Crippen LogP contribution in [0, 0.1) is 12.8 Å². The Morgan fingerprint density at radius 3 is 2.68 bits per heavy atom. The number of aryl methyl sites for hydroxylation is 1. The van der Waals surface area contributed by atoms with Crippen LogP contribution in [0.25, 0.3) is 20.8 Å². The molecule has 4 atom stereocenters. The Hall–Kier alpha value is -3.23. The summed E-state index contributed by atoms with van der Waals surface area (Å²) in [4.78, 5) is 26.5. The van der Waals surface area contributed by atoms with Crippen LogP contribution in [0.15, 0.2) is 24.3 Å². The van der Waals surface area contributed by atoms with Crippen LogP contribution in [0.4, 0.5) is 29.7 Å². The normalized spacial score (nSPS) is 24.1. The highest BCUT2D eigenvalue weighted by Gasteiger charge is 2.44. The Morgan fingerprint density at radius 2 is 1.97 bits per heavy atom. The molecule has 0 bridgehead atoms. The molecule has 2 fully saturated rings. The quantitative estimate of drug-likeness (QED) is 0.358. The molecule has 1 amide bonds. The van der Waals surface area contributed by atoms with Crippen molar-refractivity contribution >= 4 is 39.4 Å². The van der Waals surface area contributed by atoms with Crippen LogP contribution < -0.4 is 10.6 Å². The van der Waals surface area contributed by atoms with Gasteiger partial charge in [-0.2, -0.15) is 18.2 Å². The van der Waals surface area contributed by atoms with E-state index in [2.05, 4.69) is 25.6 Å². The van der Waals surface area contributed by atoms with E-state index in [1.54, 1.807) is 6.92 Å². The van der Waals surface area contributed by atoms with Gasteiger partial charge in [-0.1, -0.05) is 12.1 Å². The number of aromatic nitrogens is 3. The zero-order valence-corrected chi connectivity index (χ0v) is 20.5. The Kier molecular flexibility index (Phi) is 6.81. The number of halogens is 3. The van der Waals surface area contributed by atoms with Gasteiger partial charge < -0.3 is 30.5 Å². The van der Waals surface area contributed by atoms with Gasteiger partial charge in [0.05, 0.1) is 40.2 Å². The molecule has 0 unspecified atom stereocenters. The molecule has 2 aromatic heterocycles. The van der Waals surface area contributed by atoms with Gasteiger partial charge in [-0.05, 0) is 25.5 Å². The van der Waals surface area contributed by atoms with Gasteiger partial charge in [0.2, 0.25) is 5.95 Å². The van der Waals surface area contributed by atoms with Crippen molar-refractivity contribution in [3.05, 3.63) is 30.0 Å². The Balaban J connectivity index is 1.46. The maximum Gasteiger partial charge on any atom is 0.409 e. The number of carbonyl (C=O) groups is 1. The summed E-state index contributed by atoms with van der Waals surface area (Å²) in [5.41, 5.74) is 1.64. The van der Waals surface area contributed by atoms with Crippen LogP contribution in [0.5, 0.6) is 0 Å². The summed E-state index contributed by atoms with van der Waals surface area (Å²) in [6.45, 7) is 1.21. The monoisotopic (exact) mass is 538 g/mol. The van der Waals surface area contributed by atoms with Crippen molar-refractivity contribution in [3.8, 4) is 10.6 Å². The molecule has 1 saturated heterocycles. The van der Waals surface area contributed by atoms with Gasteiger partial charge in [0.25, 0.3) is 0 Å². The standard InChI is InChI=1S/C23H25F3N6O4S/c1-11-16(20-30-13-4-2-3-5-15(13)37-20)19(31-21(28-11)27-10-23(24,25)26)29-14-8-12(17(33)18(14)34)9-32-6-7-36-22(32)35/h2-5,12,14,17-18,33-34H,6-10H2,1H3,(H2,27,28,29,31)/t12-,14-,17-,18+/m1/s1. The largest absolute Gasteiger partial charge is 0.448 e. The molecule has 1 aliphatic carbocycles. The number of ether oxygens (including phenoxy) is 1. The first-order valence-corrected chi connectivity index (χ1v) is 12.5. The molecule has 0 spiro atoms. The molecule has 3 heterocycles. The molecular weight excluding hydrogens is 513 g/mol. The van der Waals surface area contributed by atoms with Gasteiger partial charge >= 0.3 is 12.3 Å². The van der Waals surface area contributed by atoms with E-state index in [4.69, 9.17) is 4.74 Å². The first-order chi connectivity index (χ1) is 17.6. The highest BCUT2D eigenvalue weighted by molar-refractivity contribution is 7.21. The summed E-state index contributed by atoms with van der Waals surface area (Å²) in [5, 5.41) is 27.3. The van der Waals surface area contributed by atoms with E-state index >= 15 is 0 Å². The lowest BCUT2D eigenvalue weighted by Crippen LogP contribution is -2.38. The number of nitrogens with zero attached hydrogens (tertiary/aromatic N) is 4. The maximum absolute atomic E-state index is 12.8. The van der Waals surface area contributed by atoms with Crippen molar-refractivity contribution in [1.29, 1.82) is 0 Å².